The Morgan fingerprint density at radius 3 is 2.39 bits per heavy atom. The third kappa shape index (κ3) is 6.52. The number of carbonyl (C=O) groups excluding carboxylic acids is 2. The summed E-state index contributed by atoms with van der Waals surface area (Å²) in [6.45, 7) is 8.23. The summed E-state index contributed by atoms with van der Waals surface area (Å²) < 4.78 is 5.68. The molecular weight excluding hydrogens is 532 g/mol. The lowest BCUT2D eigenvalue weighted by molar-refractivity contribution is -0.124. The van der Waals surface area contributed by atoms with Crippen LogP contribution in [0.25, 0.3) is 22.6 Å². The molecule has 0 saturated carbocycles. The topological polar surface area (TPSA) is 68.3 Å². The van der Waals surface area contributed by atoms with Crippen molar-refractivity contribution in [2.45, 2.75) is 46.6 Å². The molecule has 0 aliphatic heterocycles. The molecule has 6 heteroatoms. The Balaban J connectivity index is 1.51. The fraction of sp³-hybridized carbons (Fsp3) is 0.286. The van der Waals surface area contributed by atoms with Crippen LogP contribution in [-0.4, -0.2) is 23.5 Å². The SMILES string of the molecule is CC(NC(=O)COC(=O)c1c2c(nc3ccccc13)/C(=C\c1ccc(Cl)cc1)CC(C(C)(C)C)C2)c1ccccc1. The Bertz CT molecular complexity index is 1600. The van der Waals surface area contributed by atoms with Crippen LogP contribution in [0.3, 0.4) is 0 Å². The van der Waals surface area contributed by atoms with E-state index in [-0.39, 0.29) is 29.9 Å². The number of ether oxygens (including phenoxy) is 1. The van der Waals surface area contributed by atoms with Crippen LogP contribution in [0.5, 0.6) is 0 Å². The molecule has 1 amide bonds. The van der Waals surface area contributed by atoms with Crippen molar-refractivity contribution < 1.29 is 14.3 Å². The number of amides is 1. The van der Waals surface area contributed by atoms with Gasteiger partial charge in [0.25, 0.3) is 5.91 Å². The average Bonchev–Trinajstić information content (AvgIpc) is 2.96. The summed E-state index contributed by atoms with van der Waals surface area (Å²) in [5.41, 5.74) is 5.97. The first kappa shape index (κ1) is 28.6. The summed E-state index contributed by atoms with van der Waals surface area (Å²) >= 11 is 6.14. The maximum absolute atomic E-state index is 13.8. The van der Waals surface area contributed by atoms with Crippen molar-refractivity contribution in [3.8, 4) is 0 Å². The van der Waals surface area contributed by atoms with Gasteiger partial charge in [0.1, 0.15) is 0 Å². The molecule has 3 aromatic carbocycles. The Labute approximate surface area is 246 Å². The molecule has 210 valence electrons. The van der Waals surface area contributed by atoms with Crippen LogP contribution in [0.2, 0.25) is 5.02 Å². The number of halogens is 1. The van der Waals surface area contributed by atoms with Crippen LogP contribution in [0.1, 0.15) is 72.9 Å². The maximum Gasteiger partial charge on any atom is 0.339 e. The number of pyridine rings is 1. The second-order valence-corrected chi connectivity index (χ2v) is 12.2. The number of rotatable bonds is 6. The summed E-state index contributed by atoms with van der Waals surface area (Å²) in [6.07, 6.45) is 3.66. The van der Waals surface area contributed by atoms with E-state index in [1.54, 1.807) is 0 Å². The van der Waals surface area contributed by atoms with Crippen molar-refractivity contribution in [2.24, 2.45) is 11.3 Å². The molecule has 5 nitrogen and oxygen atoms in total. The lowest BCUT2D eigenvalue weighted by atomic mass is 9.69. The molecule has 2 atom stereocenters. The number of para-hydroxylation sites is 1. The van der Waals surface area contributed by atoms with Crippen molar-refractivity contribution in [3.05, 3.63) is 112 Å². The van der Waals surface area contributed by atoms with E-state index in [4.69, 9.17) is 21.3 Å². The number of hydrogen-bond donors (Lipinski definition) is 1. The predicted octanol–water partition coefficient (Wildman–Crippen LogP) is 8.07. The molecule has 1 aliphatic carbocycles. The second kappa shape index (κ2) is 11.9. The lowest BCUT2D eigenvalue weighted by Gasteiger charge is -2.36. The minimum Gasteiger partial charge on any atom is -0.452 e. The highest BCUT2D eigenvalue weighted by atomic mass is 35.5. The first-order valence-corrected chi connectivity index (χ1v) is 14.4. The number of esters is 1. The predicted molar refractivity (Wildman–Crippen MR) is 166 cm³/mol. The van der Waals surface area contributed by atoms with Gasteiger partial charge >= 0.3 is 5.97 Å². The quantitative estimate of drug-likeness (QED) is 0.240. The summed E-state index contributed by atoms with van der Waals surface area (Å²) in [7, 11) is 0. The van der Waals surface area contributed by atoms with Crippen LogP contribution in [-0.2, 0) is 16.0 Å². The van der Waals surface area contributed by atoms with Gasteiger partial charge in [-0.05, 0) is 77.6 Å². The zero-order valence-electron chi connectivity index (χ0n) is 23.9. The number of allylic oxidation sites excluding steroid dienone is 1. The number of nitrogens with one attached hydrogen (secondary N) is 1. The summed E-state index contributed by atoms with van der Waals surface area (Å²) in [5.74, 6) is -0.585. The number of benzene rings is 3. The van der Waals surface area contributed by atoms with E-state index < -0.39 is 5.97 Å². The zero-order chi connectivity index (χ0) is 29.1. The molecule has 0 radical (unpaired) electrons. The van der Waals surface area contributed by atoms with E-state index in [1.807, 2.05) is 85.8 Å². The normalized spacial score (nSPS) is 16.7. The van der Waals surface area contributed by atoms with E-state index in [1.165, 1.54) is 0 Å². The van der Waals surface area contributed by atoms with Gasteiger partial charge < -0.3 is 10.1 Å². The number of aromatic nitrogens is 1. The highest BCUT2D eigenvalue weighted by molar-refractivity contribution is 6.30. The molecule has 1 N–H and O–H groups in total. The van der Waals surface area contributed by atoms with Crippen molar-refractivity contribution in [2.75, 3.05) is 6.61 Å². The fourth-order valence-electron chi connectivity index (χ4n) is 5.44. The van der Waals surface area contributed by atoms with Gasteiger partial charge in [0.05, 0.1) is 22.8 Å². The van der Waals surface area contributed by atoms with Gasteiger partial charge in [0, 0.05) is 10.4 Å². The van der Waals surface area contributed by atoms with E-state index in [0.29, 0.717) is 17.0 Å². The van der Waals surface area contributed by atoms with E-state index in [9.17, 15) is 9.59 Å². The number of fused-ring (bicyclic) bond motifs is 2. The molecule has 0 fully saturated rings. The van der Waals surface area contributed by atoms with Crippen molar-refractivity contribution in [1.29, 1.82) is 0 Å². The second-order valence-electron chi connectivity index (χ2n) is 11.8. The number of hydrogen-bond acceptors (Lipinski definition) is 4. The first-order chi connectivity index (χ1) is 19.6. The summed E-state index contributed by atoms with van der Waals surface area (Å²) in [4.78, 5) is 31.6. The third-order valence-electron chi connectivity index (χ3n) is 7.87. The van der Waals surface area contributed by atoms with Crippen LogP contribution in [0.4, 0.5) is 0 Å². The van der Waals surface area contributed by atoms with Gasteiger partial charge in [0.2, 0.25) is 0 Å². The van der Waals surface area contributed by atoms with Gasteiger partial charge in [-0.15, -0.1) is 0 Å². The highest BCUT2D eigenvalue weighted by Gasteiger charge is 2.35. The number of nitrogens with zero attached hydrogens (tertiary/aromatic N) is 1. The van der Waals surface area contributed by atoms with E-state index in [0.717, 1.165) is 45.3 Å². The lowest BCUT2D eigenvalue weighted by Crippen LogP contribution is -2.32. The van der Waals surface area contributed by atoms with Crippen LogP contribution < -0.4 is 5.32 Å². The molecule has 41 heavy (non-hydrogen) atoms. The zero-order valence-corrected chi connectivity index (χ0v) is 24.7. The summed E-state index contributed by atoms with van der Waals surface area (Å²) in [5, 5.41) is 4.33. The van der Waals surface area contributed by atoms with Gasteiger partial charge in [-0.25, -0.2) is 9.78 Å². The maximum atomic E-state index is 13.8. The molecule has 4 aromatic rings. The summed E-state index contributed by atoms with van der Waals surface area (Å²) in [6, 6.07) is 24.8. The largest absolute Gasteiger partial charge is 0.452 e. The Morgan fingerprint density at radius 1 is 1.00 bits per heavy atom. The Kier molecular flexibility index (Phi) is 8.27. The van der Waals surface area contributed by atoms with Gasteiger partial charge in [-0.3, -0.25) is 4.79 Å². The van der Waals surface area contributed by atoms with Gasteiger partial charge in [-0.2, -0.15) is 0 Å². The average molecular weight is 567 g/mol. The molecule has 2 unspecified atom stereocenters. The number of carbonyl (C=O) groups is 2. The minimum atomic E-state index is -0.511. The van der Waals surface area contributed by atoms with E-state index in [2.05, 4.69) is 32.2 Å². The first-order valence-electron chi connectivity index (χ1n) is 14.0. The molecule has 0 spiro atoms. The Morgan fingerprint density at radius 2 is 1.68 bits per heavy atom. The molecular formula is C35H35ClN2O3. The van der Waals surface area contributed by atoms with Crippen LogP contribution >= 0.6 is 11.6 Å². The molecule has 0 bridgehead atoms. The smallest absolute Gasteiger partial charge is 0.339 e. The van der Waals surface area contributed by atoms with Gasteiger partial charge in [0.15, 0.2) is 6.61 Å². The minimum absolute atomic E-state index is 0.00292. The highest BCUT2D eigenvalue weighted by Crippen LogP contribution is 2.45. The molecule has 0 saturated heterocycles. The molecule has 1 heterocycles. The Hall–Kier alpha value is -3.96. The molecule has 5 rings (SSSR count). The standard InChI is InChI=1S/C35H35ClN2O3/c1-22(24-10-6-5-7-11-24)37-31(39)21-41-34(40)32-28-12-8-9-13-30(28)38-33-25(18-23-14-16-27(36)17-15-23)19-26(20-29(32)33)35(2,3)4/h5-18,22,26H,19-21H2,1-4H3,(H,37,39)/b25-18-. The van der Waals surface area contributed by atoms with Crippen LogP contribution in [0.15, 0.2) is 78.9 Å². The fourth-order valence-corrected chi connectivity index (χ4v) is 5.57. The van der Waals surface area contributed by atoms with Crippen molar-refractivity contribution >= 4 is 46.0 Å². The van der Waals surface area contributed by atoms with Crippen molar-refractivity contribution in [1.82, 2.24) is 10.3 Å². The molecule has 1 aromatic heterocycles. The third-order valence-corrected chi connectivity index (χ3v) is 8.12. The monoisotopic (exact) mass is 566 g/mol. The van der Waals surface area contributed by atoms with Crippen molar-refractivity contribution in [3.63, 3.8) is 0 Å². The van der Waals surface area contributed by atoms with Crippen LogP contribution in [0, 0.1) is 11.3 Å². The molecule has 1 aliphatic rings. The van der Waals surface area contributed by atoms with Gasteiger partial charge in [-0.1, -0.05) is 93.0 Å². The van der Waals surface area contributed by atoms with E-state index >= 15 is 0 Å².